The quantitative estimate of drug-likeness (QED) is 0.755. The topological polar surface area (TPSA) is 63.7 Å². The van der Waals surface area contributed by atoms with Gasteiger partial charge < -0.3 is 4.74 Å². The molecule has 0 unspecified atom stereocenters. The van der Waals surface area contributed by atoms with Crippen molar-refractivity contribution in [3.63, 3.8) is 0 Å². The predicted octanol–water partition coefficient (Wildman–Crippen LogP) is 3.52. The Bertz CT molecular complexity index is 879. The molecule has 0 saturated carbocycles. The number of rotatable bonds is 5. The zero-order valence-corrected chi connectivity index (χ0v) is 15.3. The largest absolute Gasteiger partial charge is 0.466 e. The highest BCUT2D eigenvalue weighted by molar-refractivity contribution is 7.89. The number of esters is 1. The minimum absolute atomic E-state index is 0.222. The van der Waals surface area contributed by atoms with Crippen molar-refractivity contribution in [1.29, 1.82) is 0 Å². The Morgan fingerprint density at radius 3 is 2.31 bits per heavy atom. The van der Waals surface area contributed by atoms with E-state index in [0.717, 1.165) is 5.56 Å². The molecule has 26 heavy (non-hydrogen) atoms. The smallest absolute Gasteiger partial charge is 0.312 e. The van der Waals surface area contributed by atoms with Gasteiger partial charge in [0.2, 0.25) is 0 Å². The molecule has 0 aromatic heterocycles. The summed E-state index contributed by atoms with van der Waals surface area (Å²) in [5, 5.41) is 0. The summed E-state index contributed by atoms with van der Waals surface area (Å²) in [4.78, 5) is 12.4. The molecule has 0 radical (unpaired) electrons. The van der Waals surface area contributed by atoms with E-state index in [1.807, 2.05) is 30.3 Å². The Kier molecular flexibility index (Phi) is 5.42. The van der Waals surface area contributed by atoms with Crippen molar-refractivity contribution in [3.05, 3.63) is 78.5 Å². The van der Waals surface area contributed by atoms with Crippen LogP contribution in [0, 0.1) is 5.92 Å². The summed E-state index contributed by atoms with van der Waals surface area (Å²) >= 11 is 0. The van der Waals surface area contributed by atoms with Crippen molar-refractivity contribution in [2.75, 3.05) is 6.61 Å². The number of hydrogen-bond acceptors (Lipinski definition) is 4. The van der Waals surface area contributed by atoms with Crippen LogP contribution in [0.5, 0.6) is 0 Å². The summed E-state index contributed by atoms with van der Waals surface area (Å²) in [6, 6.07) is 17.2. The molecule has 0 spiro atoms. The van der Waals surface area contributed by atoms with E-state index in [1.165, 1.54) is 10.5 Å². The highest BCUT2D eigenvalue weighted by Crippen LogP contribution is 2.37. The molecule has 136 valence electrons. The summed E-state index contributed by atoms with van der Waals surface area (Å²) in [6.45, 7) is 2.05. The zero-order valence-electron chi connectivity index (χ0n) is 14.5. The molecular formula is C20H21NO4S. The monoisotopic (exact) mass is 371 g/mol. The maximum absolute atomic E-state index is 13.1. The predicted molar refractivity (Wildman–Crippen MR) is 98.5 cm³/mol. The number of hydrogen-bond donors (Lipinski definition) is 0. The molecule has 2 aromatic rings. The molecule has 2 atom stereocenters. The van der Waals surface area contributed by atoms with E-state index in [-0.39, 0.29) is 10.9 Å². The highest BCUT2D eigenvalue weighted by atomic mass is 32.2. The van der Waals surface area contributed by atoms with Gasteiger partial charge in [-0.2, -0.15) is 0 Å². The molecular weight excluding hydrogens is 350 g/mol. The first-order valence-electron chi connectivity index (χ1n) is 8.52. The Balaban J connectivity index is 2.01. The van der Waals surface area contributed by atoms with Crippen LogP contribution < -0.4 is 0 Å². The average molecular weight is 371 g/mol. The van der Waals surface area contributed by atoms with Crippen molar-refractivity contribution in [1.82, 2.24) is 4.31 Å². The van der Waals surface area contributed by atoms with Gasteiger partial charge in [0.05, 0.1) is 23.5 Å². The lowest BCUT2D eigenvalue weighted by Crippen LogP contribution is -2.36. The Morgan fingerprint density at radius 2 is 1.69 bits per heavy atom. The van der Waals surface area contributed by atoms with Crippen molar-refractivity contribution < 1.29 is 17.9 Å². The molecule has 3 rings (SSSR count). The van der Waals surface area contributed by atoms with Gasteiger partial charge in [-0.3, -0.25) is 9.10 Å². The first-order valence-corrected chi connectivity index (χ1v) is 9.96. The van der Waals surface area contributed by atoms with E-state index in [9.17, 15) is 13.2 Å². The zero-order chi connectivity index (χ0) is 18.6. The number of carbonyl (C=O) groups is 1. The third-order valence-electron chi connectivity index (χ3n) is 4.34. The molecule has 2 aromatic carbocycles. The molecule has 6 heteroatoms. The maximum atomic E-state index is 13.1. The van der Waals surface area contributed by atoms with Crippen molar-refractivity contribution >= 4 is 16.0 Å². The number of ether oxygens (including phenoxy) is 1. The fraction of sp³-hybridized carbons (Fsp3) is 0.250. The van der Waals surface area contributed by atoms with Crippen molar-refractivity contribution in [2.45, 2.75) is 24.3 Å². The number of sulfonamides is 1. The molecule has 0 amide bonds. The fourth-order valence-electron chi connectivity index (χ4n) is 3.06. The minimum Gasteiger partial charge on any atom is -0.466 e. The lowest BCUT2D eigenvalue weighted by atomic mass is 9.92. The van der Waals surface area contributed by atoms with Crippen LogP contribution in [0.25, 0.3) is 0 Å². The first-order chi connectivity index (χ1) is 12.5. The van der Waals surface area contributed by atoms with E-state index < -0.39 is 22.0 Å². The van der Waals surface area contributed by atoms with Crippen LogP contribution in [0.1, 0.15) is 24.9 Å². The summed E-state index contributed by atoms with van der Waals surface area (Å²) in [6.07, 6.45) is 3.44. The third kappa shape index (κ3) is 3.65. The fourth-order valence-corrected chi connectivity index (χ4v) is 4.58. The van der Waals surface area contributed by atoms with Gasteiger partial charge in [-0.1, -0.05) is 54.6 Å². The molecule has 0 bridgehead atoms. The molecule has 1 heterocycles. The third-order valence-corrected chi connectivity index (χ3v) is 6.14. The Hall–Kier alpha value is -2.60. The van der Waals surface area contributed by atoms with Crippen LogP contribution in [0.4, 0.5) is 0 Å². The first kappa shape index (κ1) is 18.2. The Labute approximate surface area is 154 Å². The van der Waals surface area contributed by atoms with Gasteiger partial charge in [-0.25, -0.2) is 8.42 Å². The SMILES string of the molecule is CCOC(=O)[C@H]1C=CN(S(=O)(=O)c2ccccc2)[C@@H](c2ccccc2)C1. The van der Waals surface area contributed by atoms with E-state index in [0.29, 0.717) is 13.0 Å². The van der Waals surface area contributed by atoms with E-state index in [1.54, 1.807) is 43.3 Å². The molecule has 0 saturated heterocycles. The van der Waals surface area contributed by atoms with Crippen LogP contribution in [-0.4, -0.2) is 25.3 Å². The van der Waals surface area contributed by atoms with Gasteiger partial charge in [-0.05, 0) is 31.0 Å². The number of nitrogens with zero attached hydrogens (tertiary/aromatic N) is 1. The molecule has 0 N–H and O–H groups in total. The average Bonchev–Trinajstić information content (AvgIpc) is 2.69. The van der Waals surface area contributed by atoms with Crippen LogP contribution in [-0.2, 0) is 19.6 Å². The standard InChI is InChI=1S/C20H21NO4S/c1-2-25-20(22)17-13-14-21(19(15-17)16-9-5-3-6-10-16)26(23,24)18-11-7-4-8-12-18/h3-14,17,19H,2,15H2,1H3/t17-,19+/m0/s1. The van der Waals surface area contributed by atoms with Gasteiger partial charge in [0.1, 0.15) is 0 Å². The van der Waals surface area contributed by atoms with Crippen molar-refractivity contribution in [2.24, 2.45) is 5.92 Å². The van der Waals surface area contributed by atoms with Crippen LogP contribution >= 0.6 is 0 Å². The van der Waals surface area contributed by atoms with E-state index >= 15 is 0 Å². The van der Waals surface area contributed by atoms with Crippen LogP contribution in [0.2, 0.25) is 0 Å². The van der Waals surface area contributed by atoms with E-state index in [2.05, 4.69) is 0 Å². The van der Waals surface area contributed by atoms with Crippen LogP contribution in [0.3, 0.4) is 0 Å². The molecule has 1 aliphatic heterocycles. The van der Waals surface area contributed by atoms with Gasteiger partial charge in [0.15, 0.2) is 0 Å². The second-order valence-electron chi connectivity index (χ2n) is 6.01. The van der Waals surface area contributed by atoms with Crippen molar-refractivity contribution in [3.8, 4) is 0 Å². The van der Waals surface area contributed by atoms with Gasteiger partial charge >= 0.3 is 5.97 Å². The van der Waals surface area contributed by atoms with E-state index in [4.69, 9.17) is 4.74 Å². The maximum Gasteiger partial charge on any atom is 0.312 e. The minimum atomic E-state index is -3.73. The molecule has 1 aliphatic rings. The number of carbonyl (C=O) groups excluding carboxylic acids is 1. The summed E-state index contributed by atoms with van der Waals surface area (Å²) in [5.41, 5.74) is 0.839. The lowest BCUT2D eigenvalue weighted by molar-refractivity contribution is -0.147. The summed E-state index contributed by atoms with van der Waals surface area (Å²) < 4.78 is 32.7. The highest BCUT2D eigenvalue weighted by Gasteiger charge is 2.36. The molecule has 0 fully saturated rings. The second-order valence-corrected chi connectivity index (χ2v) is 7.85. The van der Waals surface area contributed by atoms with Crippen LogP contribution in [0.15, 0.2) is 77.8 Å². The Morgan fingerprint density at radius 1 is 1.08 bits per heavy atom. The van der Waals surface area contributed by atoms with Gasteiger partial charge in [-0.15, -0.1) is 0 Å². The lowest BCUT2D eigenvalue weighted by Gasteiger charge is -2.35. The van der Waals surface area contributed by atoms with Gasteiger partial charge in [0.25, 0.3) is 10.0 Å². The summed E-state index contributed by atoms with van der Waals surface area (Å²) in [7, 11) is -3.73. The second kappa shape index (κ2) is 7.74. The normalized spacial score (nSPS) is 20.0. The molecule has 5 nitrogen and oxygen atoms in total. The molecule has 0 aliphatic carbocycles. The summed E-state index contributed by atoms with van der Waals surface area (Å²) in [5.74, 6) is -0.802. The van der Waals surface area contributed by atoms with Gasteiger partial charge in [0, 0.05) is 6.20 Å². The number of benzene rings is 2.